The van der Waals surface area contributed by atoms with E-state index in [1.54, 1.807) is 18.2 Å². The van der Waals surface area contributed by atoms with E-state index < -0.39 is 10.0 Å². The molecule has 2 aromatic rings. The molecule has 1 heterocycles. The molecule has 8 heteroatoms. The number of amides is 1. The first-order chi connectivity index (χ1) is 11.9. The van der Waals surface area contributed by atoms with Gasteiger partial charge in [-0.25, -0.2) is 13.4 Å². The fourth-order valence-corrected chi connectivity index (χ4v) is 5.03. The van der Waals surface area contributed by atoms with E-state index in [4.69, 9.17) is 0 Å². The van der Waals surface area contributed by atoms with Crippen molar-refractivity contribution in [2.45, 2.75) is 51.3 Å². The van der Waals surface area contributed by atoms with Crippen LogP contribution in [0.1, 0.15) is 46.5 Å². The molecule has 1 N–H and O–H groups in total. The summed E-state index contributed by atoms with van der Waals surface area (Å²) in [5, 5.41) is 3.31. The number of aromatic nitrogens is 1. The summed E-state index contributed by atoms with van der Waals surface area (Å²) >= 11 is 1.30. The first kappa shape index (κ1) is 19.8. The molecule has 0 saturated carbocycles. The zero-order chi connectivity index (χ0) is 18.4. The van der Waals surface area contributed by atoms with Crippen LogP contribution in [-0.4, -0.2) is 36.7 Å². The van der Waals surface area contributed by atoms with Gasteiger partial charge in [-0.15, -0.1) is 0 Å². The number of unbranched alkanes of at least 4 members (excludes halogenated alkanes) is 2. The third-order valence-electron chi connectivity index (χ3n) is 3.96. The van der Waals surface area contributed by atoms with Gasteiger partial charge in [0, 0.05) is 19.5 Å². The normalized spacial score (nSPS) is 12.0. The third kappa shape index (κ3) is 4.77. The Labute approximate surface area is 153 Å². The molecule has 0 spiro atoms. The highest BCUT2D eigenvalue weighted by Crippen LogP contribution is 2.29. The summed E-state index contributed by atoms with van der Waals surface area (Å²) in [6, 6.07) is 4.89. The van der Waals surface area contributed by atoms with E-state index in [1.807, 2.05) is 13.8 Å². The molecule has 0 aliphatic carbocycles. The van der Waals surface area contributed by atoms with Gasteiger partial charge in [0.1, 0.15) is 0 Å². The highest BCUT2D eigenvalue weighted by atomic mass is 32.2. The Morgan fingerprint density at radius 1 is 1.20 bits per heavy atom. The SMILES string of the molecule is CCCCCC(=O)Nc1nc2ccc(S(=O)(=O)N(CC)CC)cc2s1. The third-order valence-corrected chi connectivity index (χ3v) is 6.94. The van der Waals surface area contributed by atoms with Gasteiger partial charge in [-0.1, -0.05) is 44.9 Å². The lowest BCUT2D eigenvalue weighted by Crippen LogP contribution is -2.30. The topological polar surface area (TPSA) is 79.4 Å². The van der Waals surface area contributed by atoms with Crippen molar-refractivity contribution in [3.8, 4) is 0 Å². The maximum absolute atomic E-state index is 12.6. The number of benzene rings is 1. The molecular weight excluding hydrogens is 358 g/mol. The van der Waals surface area contributed by atoms with E-state index in [1.165, 1.54) is 15.6 Å². The molecule has 2 rings (SSSR count). The molecule has 0 fully saturated rings. The largest absolute Gasteiger partial charge is 0.302 e. The Bertz CT molecular complexity index is 827. The standard InChI is InChI=1S/C17H25N3O3S2/c1-4-7-8-9-16(21)19-17-18-14-11-10-13(12-15(14)24-17)25(22,23)20(5-2)6-3/h10-12H,4-9H2,1-3H3,(H,18,19,21). The molecule has 1 aromatic heterocycles. The maximum Gasteiger partial charge on any atom is 0.243 e. The van der Waals surface area contributed by atoms with E-state index in [2.05, 4.69) is 17.2 Å². The van der Waals surface area contributed by atoms with Gasteiger partial charge < -0.3 is 5.32 Å². The molecule has 25 heavy (non-hydrogen) atoms. The Morgan fingerprint density at radius 3 is 2.56 bits per heavy atom. The molecule has 6 nitrogen and oxygen atoms in total. The maximum atomic E-state index is 12.6. The quantitative estimate of drug-likeness (QED) is 0.667. The molecular formula is C17H25N3O3S2. The van der Waals surface area contributed by atoms with Gasteiger partial charge in [-0.05, 0) is 24.6 Å². The van der Waals surface area contributed by atoms with E-state index in [0.29, 0.717) is 30.2 Å². The second-order valence-electron chi connectivity index (χ2n) is 5.74. The lowest BCUT2D eigenvalue weighted by Gasteiger charge is -2.18. The number of nitrogens with zero attached hydrogens (tertiary/aromatic N) is 2. The van der Waals surface area contributed by atoms with Crippen molar-refractivity contribution in [2.75, 3.05) is 18.4 Å². The van der Waals surface area contributed by atoms with Gasteiger partial charge >= 0.3 is 0 Å². The number of nitrogens with one attached hydrogen (secondary N) is 1. The van der Waals surface area contributed by atoms with Crippen molar-refractivity contribution in [2.24, 2.45) is 0 Å². The smallest absolute Gasteiger partial charge is 0.243 e. The summed E-state index contributed by atoms with van der Waals surface area (Å²) in [5.74, 6) is -0.0523. The van der Waals surface area contributed by atoms with Gasteiger partial charge in [0.2, 0.25) is 15.9 Å². The van der Waals surface area contributed by atoms with E-state index in [0.717, 1.165) is 24.0 Å². The number of hydrogen-bond donors (Lipinski definition) is 1. The van der Waals surface area contributed by atoms with Crippen molar-refractivity contribution < 1.29 is 13.2 Å². The second kappa shape index (κ2) is 8.73. The van der Waals surface area contributed by atoms with E-state index in [9.17, 15) is 13.2 Å². The summed E-state index contributed by atoms with van der Waals surface area (Å²) in [4.78, 5) is 16.5. The average Bonchev–Trinajstić information content (AvgIpc) is 2.97. The molecule has 138 valence electrons. The summed E-state index contributed by atoms with van der Waals surface area (Å²) < 4.78 is 27.4. The lowest BCUT2D eigenvalue weighted by atomic mass is 10.2. The monoisotopic (exact) mass is 383 g/mol. The Morgan fingerprint density at radius 2 is 1.92 bits per heavy atom. The average molecular weight is 384 g/mol. The van der Waals surface area contributed by atoms with Crippen molar-refractivity contribution in [3.05, 3.63) is 18.2 Å². The molecule has 1 aromatic carbocycles. The van der Waals surface area contributed by atoms with Crippen LogP contribution in [0.15, 0.2) is 23.1 Å². The first-order valence-electron chi connectivity index (χ1n) is 8.62. The highest BCUT2D eigenvalue weighted by Gasteiger charge is 2.22. The molecule has 0 aliphatic heterocycles. The van der Waals surface area contributed by atoms with Gasteiger partial charge in [0.15, 0.2) is 5.13 Å². The number of fused-ring (bicyclic) bond motifs is 1. The number of carbonyl (C=O) groups is 1. The summed E-state index contributed by atoms with van der Waals surface area (Å²) in [5.41, 5.74) is 0.687. The zero-order valence-corrected chi connectivity index (χ0v) is 16.5. The van der Waals surface area contributed by atoms with Crippen LogP contribution in [0, 0.1) is 0 Å². The first-order valence-corrected chi connectivity index (χ1v) is 10.9. The number of thiazole rings is 1. The minimum absolute atomic E-state index is 0.0523. The number of sulfonamides is 1. The molecule has 0 atom stereocenters. The highest BCUT2D eigenvalue weighted by molar-refractivity contribution is 7.89. The van der Waals surface area contributed by atoms with Crippen molar-refractivity contribution in [3.63, 3.8) is 0 Å². The molecule has 0 saturated heterocycles. The molecule has 0 radical (unpaired) electrons. The van der Waals surface area contributed by atoms with Gasteiger partial charge in [0.25, 0.3) is 0 Å². The van der Waals surface area contributed by atoms with E-state index >= 15 is 0 Å². The molecule has 1 amide bonds. The van der Waals surface area contributed by atoms with Crippen LogP contribution < -0.4 is 5.32 Å². The number of rotatable bonds is 9. The predicted molar refractivity (Wildman–Crippen MR) is 102 cm³/mol. The second-order valence-corrected chi connectivity index (χ2v) is 8.71. The van der Waals surface area contributed by atoms with Crippen LogP contribution in [0.25, 0.3) is 10.2 Å². The summed E-state index contributed by atoms with van der Waals surface area (Å²) in [6.45, 7) is 6.59. The molecule has 0 aliphatic rings. The minimum atomic E-state index is -3.50. The predicted octanol–water partition coefficient (Wildman–Crippen LogP) is 3.85. The van der Waals surface area contributed by atoms with Crippen LogP contribution in [0.2, 0.25) is 0 Å². The molecule has 0 bridgehead atoms. The van der Waals surface area contributed by atoms with Crippen molar-refractivity contribution in [1.82, 2.24) is 9.29 Å². The van der Waals surface area contributed by atoms with Crippen LogP contribution in [0.3, 0.4) is 0 Å². The zero-order valence-electron chi connectivity index (χ0n) is 14.9. The Kier molecular flexibility index (Phi) is 6.92. The van der Waals surface area contributed by atoms with Crippen LogP contribution >= 0.6 is 11.3 Å². The Balaban J connectivity index is 2.20. The Hall–Kier alpha value is -1.51. The molecule has 0 unspecified atom stereocenters. The number of hydrogen-bond acceptors (Lipinski definition) is 5. The number of anilines is 1. The fourth-order valence-electron chi connectivity index (χ4n) is 2.55. The lowest BCUT2D eigenvalue weighted by molar-refractivity contribution is -0.116. The van der Waals surface area contributed by atoms with Crippen molar-refractivity contribution >= 4 is 42.6 Å². The van der Waals surface area contributed by atoms with Crippen LogP contribution in [0.5, 0.6) is 0 Å². The van der Waals surface area contributed by atoms with Crippen molar-refractivity contribution in [1.29, 1.82) is 0 Å². The summed E-state index contributed by atoms with van der Waals surface area (Å²) in [7, 11) is -3.50. The van der Waals surface area contributed by atoms with Crippen LogP contribution in [-0.2, 0) is 14.8 Å². The fraction of sp³-hybridized carbons (Fsp3) is 0.529. The summed E-state index contributed by atoms with van der Waals surface area (Å²) in [6.07, 6.45) is 3.43. The van der Waals surface area contributed by atoms with Gasteiger partial charge in [-0.3, -0.25) is 4.79 Å². The minimum Gasteiger partial charge on any atom is -0.302 e. The van der Waals surface area contributed by atoms with Crippen LogP contribution in [0.4, 0.5) is 5.13 Å². The van der Waals surface area contributed by atoms with Gasteiger partial charge in [-0.2, -0.15) is 4.31 Å². The van der Waals surface area contributed by atoms with Gasteiger partial charge in [0.05, 0.1) is 15.1 Å². The van der Waals surface area contributed by atoms with E-state index in [-0.39, 0.29) is 10.8 Å². The number of carbonyl (C=O) groups excluding carboxylic acids is 1.